The van der Waals surface area contributed by atoms with Gasteiger partial charge >= 0.3 is 0 Å². The second-order valence-electron chi connectivity index (χ2n) is 6.52. The van der Waals surface area contributed by atoms with E-state index in [2.05, 4.69) is 4.72 Å². The Kier molecular flexibility index (Phi) is 5.09. The molecule has 0 amide bonds. The van der Waals surface area contributed by atoms with Crippen molar-refractivity contribution in [3.63, 3.8) is 0 Å². The molecule has 0 aromatic heterocycles. The zero-order valence-corrected chi connectivity index (χ0v) is 17.0. The van der Waals surface area contributed by atoms with Gasteiger partial charge in [-0.3, -0.25) is 9.03 Å². The maximum atomic E-state index is 12.7. The molecule has 1 aliphatic rings. The van der Waals surface area contributed by atoms with E-state index in [-0.39, 0.29) is 4.90 Å². The Balaban J connectivity index is 1.91. The minimum atomic E-state index is -3.77. The number of sulfonamides is 2. The molecule has 27 heavy (non-hydrogen) atoms. The number of hydrogen-bond acceptors (Lipinski definition) is 5. The van der Waals surface area contributed by atoms with Crippen LogP contribution in [-0.4, -0.2) is 36.7 Å². The van der Waals surface area contributed by atoms with Gasteiger partial charge < -0.3 is 4.74 Å². The van der Waals surface area contributed by atoms with E-state index in [9.17, 15) is 16.8 Å². The first-order valence-electron chi connectivity index (χ1n) is 8.40. The summed E-state index contributed by atoms with van der Waals surface area (Å²) in [5, 5.41) is 0. The van der Waals surface area contributed by atoms with Gasteiger partial charge in [0.15, 0.2) is 0 Å². The number of benzene rings is 2. The van der Waals surface area contributed by atoms with Crippen LogP contribution in [0, 0.1) is 6.92 Å². The van der Waals surface area contributed by atoms with Crippen molar-refractivity contribution < 1.29 is 21.6 Å². The van der Waals surface area contributed by atoms with Crippen molar-refractivity contribution in [3.05, 3.63) is 47.5 Å². The molecule has 0 unspecified atom stereocenters. The highest BCUT2D eigenvalue weighted by Gasteiger charge is 2.24. The van der Waals surface area contributed by atoms with Crippen molar-refractivity contribution >= 4 is 31.4 Å². The molecule has 0 aliphatic carbocycles. The maximum Gasteiger partial charge on any atom is 0.261 e. The fraction of sp³-hybridized carbons (Fsp3) is 0.333. The van der Waals surface area contributed by atoms with Crippen LogP contribution in [0.3, 0.4) is 0 Å². The first-order chi connectivity index (χ1) is 12.6. The zero-order chi connectivity index (χ0) is 19.8. The summed E-state index contributed by atoms with van der Waals surface area (Å²) in [5.41, 5.74) is 2.52. The van der Waals surface area contributed by atoms with Crippen LogP contribution in [0.15, 0.2) is 41.3 Å². The molecule has 1 heterocycles. The minimum Gasteiger partial charge on any atom is -0.496 e. The predicted molar refractivity (Wildman–Crippen MR) is 105 cm³/mol. The van der Waals surface area contributed by atoms with Gasteiger partial charge in [-0.25, -0.2) is 16.8 Å². The van der Waals surface area contributed by atoms with Crippen molar-refractivity contribution in [1.29, 1.82) is 0 Å². The van der Waals surface area contributed by atoms with Crippen LogP contribution in [0.4, 0.5) is 11.4 Å². The lowest BCUT2D eigenvalue weighted by Gasteiger charge is -2.29. The number of methoxy groups -OCH3 is 1. The summed E-state index contributed by atoms with van der Waals surface area (Å²) in [6, 6.07) is 9.56. The molecule has 2 aromatic rings. The number of aryl methyl sites for hydroxylation is 2. The number of nitrogens with one attached hydrogen (secondary N) is 1. The summed E-state index contributed by atoms with van der Waals surface area (Å²) < 4.78 is 58.3. The van der Waals surface area contributed by atoms with Crippen LogP contribution in [-0.2, 0) is 26.5 Å². The van der Waals surface area contributed by atoms with E-state index in [4.69, 9.17) is 4.74 Å². The van der Waals surface area contributed by atoms with Crippen LogP contribution < -0.4 is 13.8 Å². The van der Waals surface area contributed by atoms with E-state index >= 15 is 0 Å². The lowest BCUT2D eigenvalue weighted by molar-refractivity contribution is 0.411. The molecule has 0 spiro atoms. The molecule has 146 valence electrons. The van der Waals surface area contributed by atoms with E-state index in [1.807, 2.05) is 0 Å². The number of ether oxygens (including phenoxy) is 1. The molecule has 7 nitrogen and oxygen atoms in total. The van der Waals surface area contributed by atoms with Crippen LogP contribution in [0.25, 0.3) is 0 Å². The number of nitrogens with zero attached hydrogens (tertiary/aromatic N) is 1. The lowest BCUT2D eigenvalue weighted by Crippen LogP contribution is -2.34. The van der Waals surface area contributed by atoms with E-state index in [0.29, 0.717) is 36.5 Å². The smallest absolute Gasteiger partial charge is 0.261 e. The average Bonchev–Trinajstić information content (AvgIpc) is 2.59. The number of hydrogen-bond donors (Lipinski definition) is 1. The van der Waals surface area contributed by atoms with Gasteiger partial charge in [0, 0.05) is 12.2 Å². The second kappa shape index (κ2) is 7.05. The maximum absolute atomic E-state index is 12.7. The molecule has 3 rings (SSSR count). The van der Waals surface area contributed by atoms with Crippen LogP contribution in [0.5, 0.6) is 5.75 Å². The Morgan fingerprint density at radius 2 is 1.81 bits per heavy atom. The normalized spacial score (nSPS) is 14.6. The van der Waals surface area contributed by atoms with E-state index in [0.717, 1.165) is 11.1 Å². The molecule has 0 saturated heterocycles. The van der Waals surface area contributed by atoms with Gasteiger partial charge in [0.25, 0.3) is 10.0 Å². The second-order valence-corrected chi connectivity index (χ2v) is 10.1. The highest BCUT2D eigenvalue weighted by molar-refractivity contribution is 7.92. The van der Waals surface area contributed by atoms with Crippen LogP contribution in [0.1, 0.15) is 17.5 Å². The van der Waals surface area contributed by atoms with Gasteiger partial charge in [-0.05, 0) is 67.3 Å². The topological polar surface area (TPSA) is 92.8 Å². The number of rotatable bonds is 5. The van der Waals surface area contributed by atoms with E-state index in [1.165, 1.54) is 23.7 Å². The standard InChI is InChI=1S/C18H22N2O5S2/c1-13-11-16(7-9-18(13)25-2)27(23,24)19-15-6-8-17-14(12-15)5-4-10-20(17)26(3,21)22/h6-9,11-12,19H,4-5,10H2,1-3H3. The Morgan fingerprint density at radius 1 is 1.07 bits per heavy atom. The third-order valence-corrected chi connectivity index (χ3v) is 7.04. The SMILES string of the molecule is COc1ccc(S(=O)(=O)Nc2ccc3c(c2)CCCN3S(C)(=O)=O)cc1C. The van der Waals surface area contributed by atoms with Crippen molar-refractivity contribution in [2.45, 2.75) is 24.7 Å². The highest BCUT2D eigenvalue weighted by atomic mass is 32.2. The Bertz CT molecular complexity index is 1080. The summed E-state index contributed by atoms with van der Waals surface area (Å²) in [6.07, 6.45) is 2.55. The van der Waals surface area contributed by atoms with Crippen molar-refractivity contribution in [3.8, 4) is 5.75 Å². The molecular formula is C18H22N2O5S2. The van der Waals surface area contributed by atoms with Gasteiger partial charge in [-0.1, -0.05) is 0 Å². The molecule has 0 saturated carbocycles. The summed E-state index contributed by atoms with van der Waals surface area (Å²) in [4.78, 5) is 0.135. The van der Waals surface area contributed by atoms with Crippen LogP contribution >= 0.6 is 0 Å². The first kappa shape index (κ1) is 19.5. The predicted octanol–water partition coefficient (Wildman–Crippen LogP) is 2.52. The molecule has 0 fully saturated rings. The highest BCUT2D eigenvalue weighted by Crippen LogP contribution is 2.32. The van der Waals surface area contributed by atoms with E-state index < -0.39 is 20.0 Å². The van der Waals surface area contributed by atoms with Gasteiger partial charge in [0.05, 0.1) is 23.9 Å². The molecule has 0 atom stereocenters. The Hall–Kier alpha value is -2.26. The van der Waals surface area contributed by atoms with Gasteiger partial charge in [-0.15, -0.1) is 0 Å². The zero-order valence-electron chi connectivity index (χ0n) is 15.4. The van der Waals surface area contributed by atoms with Gasteiger partial charge in [0.2, 0.25) is 10.0 Å². The molecule has 9 heteroatoms. The van der Waals surface area contributed by atoms with Gasteiger partial charge in [0.1, 0.15) is 5.75 Å². The lowest BCUT2D eigenvalue weighted by atomic mass is 10.0. The fourth-order valence-electron chi connectivity index (χ4n) is 3.20. The average molecular weight is 411 g/mol. The van der Waals surface area contributed by atoms with Crippen molar-refractivity contribution in [2.75, 3.05) is 28.9 Å². The summed E-state index contributed by atoms with van der Waals surface area (Å²) in [6.45, 7) is 2.21. The third kappa shape index (κ3) is 4.03. The van der Waals surface area contributed by atoms with Crippen LogP contribution in [0.2, 0.25) is 0 Å². The Labute approximate surface area is 160 Å². The molecule has 2 aromatic carbocycles. The van der Waals surface area contributed by atoms with E-state index in [1.54, 1.807) is 37.3 Å². The van der Waals surface area contributed by atoms with Crippen molar-refractivity contribution in [1.82, 2.24) is 0 Å². The largest absolute Gasteiger partial charge is 0.496 e. The summed E-state index contributed by atoms with van der Waals surface area (Å²) >= 11 is 0. The number of anilines is 2. The number of fused-ring (bicyclic) bond motifs is 1. The Morgan fingerprint density at radius 3 is 2.44 bits per heavy atom. The van der Waals surface area contributed by atoms with Crippen molar-refractivity contribution in [2.24, 2.45) is 0 Å². The quantitative estimate of drug-likeness (QED) is 0.818. The third-order valence-electron chi connectivity index (χ3n) is 4.48. The minimum absolute atomic E-state index is 0.135. The molecule has 0 bridgehead atoms. The summed E-state index contributed by atoms with van der Waals surface area (Å²) in [5.74, 6) is 0.614. The molecular weight excluding hydrogens is 388 g/mol. The van der Waals surface area contributed by atoms with Gasteiger partial charge in [-0.2, -0.15) is 0 Å². The monoisotopic (exact) mass is 410 g/mol. The molecule has 1 aliphatic heterocycles. The summed E-state index contributed by atoms with van der Waals surface area (Å²) in [7, 11) is -5.60. The fourth-order valence-corrected chi connectivity index (χ4v) is 5.33. The first-order valence-corrected chi connectivity index (χ1v) is 11.7. The molecule has 0 radical (unpaired) electrons. The molecule has 1 N–H and O–H groups in total.